The first-order valence-corrected chi connectivity index (χ1v) is 18.4. The Kier molecular flexibility index (Phi) is 18.6. The smallest absolute Gasteiger partial charge is 0.0312 e. The van der Waals surface area contributed by atoms with Gasteiger partial charge < -0.3 is 0 Å². The molecule has 2 fully saturated rings. The fourth-order valence-corrected chi connectivity index (χ4v) is 10.1. The number of hydrogen-bond donors (Lipinski definition) is 0. The monoisotopic (exact) mass is 572 g/mol. The van der Waals surface area contributed by atoms with Gasteiger partial charge in [-0.05, 0) is 107 Å². The van der Waals surface area contributed by atoms with Crippen LogP contribution in [-0.2, 0) is 17.1 Å². The first-order valence-electron chi connectivity index (χ1n) is 10.6. The Bertz CT molecular complexity index is 367. The Morgan fingerprint density at radius 1 is 0.516 bits per heavy atom. The molecule has 1 aliphatic heterocycles. The third-order valence-corrected chi connectivity index (χ3v) is 13.1. The van der Waals surface area contributed by atoms with Gasteiger partial charge in [-0.2, -0.15) is 0 Å². The second kappa shape index (κ2) is 16.5. The zero-order chi connectivity index (χ0) is 23.2. The van der Waals surface area contributed by atoms with Crippen molar-refractivity contribution in [2.24, 2.45) is 0 Å². The van der Waals surface area contributed by atoms with Gasteiger partial charge in [0.1, 0.15) is 0 Å². The van der Waals surface area contributed by atoms with Crippen LogP contribution in [0.2, 0.25) is 0 Å². The molecule has 1 aliphatic carbocycles. The van der Waals surface area contributed by atoms with Gasteiger partial charge in [-0.1, -0.05) is 20.8 Å². The van der Waals surface area contributed by atoms with E-state index in [2.05, 4.69) is 20.8 Å². The van der Waals surface area contributed by atoms with Gasteiger partial charge in [-0.3, -0.25) is 0 Å². The maximum absolute atomic E-state index is 10.7. The van der Waals surface area contributed by atoms with E-state index in [9.17, 15) is 25.2 Å². The van der Waals surface area contributed by atoms with Gasteiger partial charge in [0, 0.05) is 0 Å². The predicted octanol–water partition coefficient (Wildman–Crippen LogP) is 10.1. The fraction of sp³-hybridized carbons (Fsp3) is 0.750. The molecule has 0 nitrogen and oxygen atoms in total. The van der Waals surface area contributed by atoms with Crippen molar-refractivity contribution in [2.45, 2.75) is 40.0 Å². The zero-order valence-electron chi connectivity index (χ0n) is 18.8. The molecule has 2 rings (SSSR count). The summed E-state index contributed by atoms with van der Waals surface area (Å²) in [6, 6.07) is 0. The van der Waals surface area contributed by atoms with E-state index in [1.807, 2.05) is 32.1 Å². The van der Waals surface area contributed by atoms with Crippen molar-refractivity contribution in [3.05, 3.63) is 32.1 Å². The Morgan fingerprint density at radius 3 is 0.806 bits per heavy atom. The molecule has 0 N–H and O–H groups in total. The minimum absolute atomic E-state index is 0. The van der Waals surface area contributed by atoms with E-state index in [-0.39, 0.29) is 17.1 Å². The molecule has 1 saturated carbocycles. The van der Waals surface area contributed by atoms with Gasteiger partial charge in [0.2, 0.25) is 0 Å². The Morgan fingerprint density at radius 2 is 0.677 bits per heavy atom. The molecule has 11 heteroatoms. The molecule has 0 unspecified atom stereocenters. The second-order valence-electron chi connectivity index (χ2n) is 7.28. The molecule has 0 spiro atoms. The maximum Gasteiger partial charge on any atom is 2.00 e. The number of hydrogen-bond acceptors (Lipinski definition) is 0. The summed E-state index contributed by atoms with van der Waals surface area (Å²) in [6.07, 6.45) is 28.7. The molecule has 0 amide bonds. The van der Waals surface area contributed by atoms with Gasteiger partial charge in [0.25, 0.3) is 0 Å². The van der Waals surface area contributed by atoms with Crippen LogP contribution in [0.25, 0.3) is 0 Å². The molecule has 1 saturated heterocycles. The molecular weight excluding hydrogens is 534 g/mol. The molecule has 0 aromatic carbocycles. The molecule has 0 atom stereocenters. The molecule has 0 aromatic heterocycles. The van der Waals surface area contributed by atoms with Crippen molar-refractivity contribution in [1.29, 1.82) is 0 Å². The maximum atomic E-state index is 9.87. The average molecular weight is 572 g/mol. The van der Waals surface area contributed by atoms with Crippen LogP contribution in [0.3, 0.4) is 0 Å². The average Bonchev–Trinajstić information content (AvgIpc) is 3.19. The largest absolute Gasteiger partial charge is 2.00 e. The van der Waals surface area contributed by atoms with Crippen LogP contribution in [0, 0.1) is 32.1 Å². The van der Waals surface area contributed by atoms with Crippen molar-refractivity contribution in [1.82, 2.24) is 0 Å². The van der Waals surface area contributed by atoms with Crippen molar-refractivity contribution in [2.75, 3.05) is 55.5 Å². The summed E-state index contributed by atoms with van der Waals surface area (Å²) < 4.78 is 59.2. The molecule has 31 heavy (non-hydrogen) atoms. The SMILES string of the molecule is CCP1CCCP(CC)CCCP(CC)CCC1.F[P-](F)(F)(F)(F)F.[CH]1[CH][CH][CH][CH]1.[Fe+2]. The van der Waals surface area contributed by atoms with Crippen molar-refractivity contribution in [3.8, 4) is 0 Å². The third-order valence-electron chi connectivity index (χ3n) is 4.74. The van der Waals surface area contributed by atoms with E-state index >= 15 is 0 Å². The first-order chi connectivity index (χ1) is 13.7. The van der Waals surface area contributed by atoms with Crippen LogP contribution >= 0.6 is 31.6 Å². The Balaban J connectivity index is 0. The van der Waals surface area contributed by atoms with E-state index in [1.54, 1.807) is 56.2 Å². The van der Waals surface area contributed by atoms with Crippen molar-refractivity contribution in [3.63, 3.8) is 0 Å². The minimum atomic E-state index is -10.7. The van der Waals surface area contributed by atoms with Crippen molar-refractivity contribution >= 4 is 31.6 Å². The van der Waals surface area contributed by atoms with Crippen LogP contribution in [0.15, 0.2) is 0 Å². The fourth-order valence-electron chi connectivity index (χ4n) is 3.16. The van der Waals surface area contributed by atoms with Gasteiger partial charge in [0.05, 0.1) is 0 Å². The quantitative estimate of drug-likeness (QED) is 0.179. The summed E-state index contributed by atoms with van der Waals surface area (Å²) in [4.78, 5) is 0. The minimum Gasteiger partial charge on any atom is -0.0312 e. The molecule has 0 aromatic rings. The summed E-state index contributed by atoms with van der Waals surface area (Å²) in [5.41, 5.74) is 0. The Labute approximate surface area is 201 Å². The van der Waals surface area contributed by atoms with Crippen LogP contribution < -0.4 is 0 Å². The molecule has 5 radical (unpaired) electrons. The topological polar surface area (TPSA) is 0 Å². The van der Waals surface area contributed by atoms with Gasteiger partial charge in [-0.25, -0.2) is 0 Å². The van der Waals surface area contributed by atoms with E-state index in [0.717, 1.165) is 0 Å². The third kappa shape index (κ3) is 29.8. The summed E-state index contributed by atoms with van der Waals surface area (Å²) >= 11 is 0. The van der Waals surface area contributed by atoms with E-state index < -0.39 is 7.81 Å². The van der Waals surface area contributed by atoms with E-state index in [1.165, 1.54) is 18.5 Å². The van der Waals surface area contributed by atoms with Crippen LogP contribution in [-0.4, -0.2) is 55.5 Å². The van der Waals surface area contributed by atoms with Gasteiger partial charge in [-0.15, -0.1) is 23.8 Å². The second-order valence-corrected chi connectivity index (χ2v) is 17.8. The van der Waals surface area contributed by atoms with Crippen molar-refractivity contribution < 1.29 is 42.3 Å². The summed E-state index contributed by atoms with van der Waals surface area (Å²) in [6.45, 7) is 7.30. The molecule has 187 valence electrons. The van der Waals surface area contributed by atoms with Gasteiger partial charge in [0.15, 0.2) is 0 Å². The molecule has 1 heterocycles. The van der Waals surface area contributed by atoms with Crippen LogP contribution in [0.4, 0.5) is 25.2 Å². The first kappa shape index (κ1) is 35.0. The summed E-state index contributed by atoms with van der Waals surface area (Å²) in [5.74, 6) is 0. The molecule has 2 aliphatic rings. The number of rotatable bonds is 3. The van der Waals surface area contributed by atoms with E-state index in [4.69, 9.17) is 0 Å². The summed E-state index contributed by atoms with van der Waals surface area (Å²) in [7, 11) is -9.43. The number of halogens is 6. The van der Waals surface area contributed by atoms with E-state index in [0.29, 0.717) is 23.8 Å². The Hall–Kier alpha value is 1.82. The summed E-state index contributed by atoms with van der Waals surface area (Å²) in [5, 5.41) is 0. The standard InChI is InChI=1S/C15H33P3.C5H5.F6P.Fe/c1-4-16-10-7-12-17(5-2)14-9-15-18(6-3)13-8-11-16;1-2-4-5-3-1;1-7(2,3,4,5)6;/h4-15H2,1-3H3;1-5H;;/q;;-1;+2. The van der Waals surface area contributed by atoms with Gasteiger partial charge >= 0.3 is 50.1 Å². The van der Waals surface area contributed by atoms with Crippen LogP contribution in [0.5, 0.6) is 0 Å². The zero-order valence-corrected chi connectivity index (χ0v) is 23.5. The normalized spacial score (nSPS) is 28.0. The molecular formula is C20H38F6FeP4+. The predicted molar refractivity (Wildman–Crippen MR) is 131 cm³/mol. The molecule has 0 bridgehead atoms. The van der Waals surface area contributed by atoms with Crippen LogP contribution in [0.1, 0.15) is 40.0 Å².